The van der Waals surface area contributed by atoms with Crippen LogP contribution in [-0.2, 0) is 14.3 Å². The molecule has 0 radical (unpaired) electrons. The second-order valence-electron chi connectivity index (χ2n) is 9.99. The molecule has 42 heavy (non-hydrogen) atoms. The van der Waals surface area contributed by atoms with Gasteiger partial charge in [0.15, 0.2) is 5.13 Å². The Morgan fingerprint density at radius 3 is 2.36 bits per heavy atom. The summed E-state index contributed by atoms with van der Waals surface area (Å²) in [5.74, 6) is -1.42. The number of hydrogen-bond donors (Lipinski definition) is 5. The Kier molecular flexibility index (Phi) is 9.41. The van der Waals surface area contributed by atoms with Crippen molar-refractivity contribution in [3.63, 3.8) is 0 Å². The lowest BCUT2D eigenvalue weighted by atomic mass is 10.1. The van der Waals surface area contributed by atoms with Gasteiger partial charge in [-0.2, -0.15) is 0 Å². The van der Waals surface area contributed by atoms with Crippen molar-refractivity contribution in [1.82, 2.24) is 25.8 Å². The number of morpholine rings is 1. The minimum Gasteiger partial charge on any atom is -0.394 e. The Morgan fingerprint density at radius 1 is 0.976 bits per heavy atom. The number of carbonyl (C=O) groups excluding carboxylic acids is 4. The van der Waals surface area contributed by atoms with Crippen molar-refractivity contribution in [2.24, 2.45) is 0 Å². The van der Waals surface area contributed by atoms with Crippen LogP contribution in [0.1, 0.15) is 34.8 Å². The Morgan fingerprint density at radius 2 is 1.69 bits per heavy atom. The van der Waals surface area contributed by atoms with Crippen molar-refractivity contribution < 1.29 is 29.0 Å². The third-order valence-corrected chi connectivity index (χ3v) is 7.62. The fraction of sp³-hybridized carbons (Fsp3) is 0.345. The minimum absolute atomic E-state index is 0.109. The Balaban J connectivity index is 1.21. The number of amides is 5. The number of aliphatic hydroxyl groups is 1. The van der Waals surface area contributed by atoms with Crippen molar-refractivity contribution in [3.05, 3.63) is 71.1 Å². The van der Waals surface area contributed by atoms with E-state index in [4.69, 9.17) is 4.74 Å². The van der Waals surface area contributed by atoms with Gasteiger partial charge in [0.25, 0.3) is 11.8 Å². The molecule has 5 amide bonds. The lowest BCUT2D eigenvalue weighted by molar-refractivity contribution is -0.128. The molecule has 5 N–H and O–H groups in total. The molecule has 1 aliphatic heterocycles. The summed E-state index contributed by atoms with van der Waals surface area (Å²) in [7, 11) is 0. The van der Waals surface area contributed by atoms with Crippen LogP contribution in [0.15, 0.2) is 60.0 Å². The number of aromatic nitrogens is 1. The molecule has 2 atom stereocenters. The zero-order valence-corrected chi connectivity index (χ0v) is 23.6. The third-order valence-electron chi connectivity index (χ3n) is 6.87. The van der Waals surface area contributed by atoms with E-state index in [1.807, 2.05) is 0 Å². The first-order valence-corrected chi connectivity index (χ1v) is 14.6. The van der Waals surface area contributed by atoms with E-state index in [0.29, 0.717) is 43.1 Å². The summed E-state index contributed by atoms with van der Waals surface area (Å²) in [5.41, 5.74) is 2.45. The predicted octanol–water partition coefficient (Wildman–Crippen LogP) is 1.90. The molecule has 0 bridgehead atoms. The standard InChI is InChI=1S/C29H32N6O6S/c36-16-22(31-27(39)24(19-4-2-1-3-5-19)33-29(40)35-12-14-41-15-13-35)26(38)34-28-32-23(17-42-28)18-6-8-20(9-7-18)25(37)30-21-10-11-21/h1-9,17,21-22,24,36H,10-16H2,(H,30,37)(H,31,39)(H,33,40)(H,32,34,38)/t22-,24+/m0/s1. The highest BCUT2D eigenvalue weighted by Crippen LogP contribution is 2.26. The maximum absolute atomic E-state index is 13.3. The van der Waals surface area contributed by atoms with Crippen LogP contribution in [0.3, 0.4) is 0 Å². The number of carbonyl (C=O) groups is 4. The molecule has 220 valence electrons. The maximum Gasteiger partial charge on any atom is 0.318 e. The van der Waals surface area contributed by atoms with Crippen molar-refractivity contribution >= 4 is 40.2 Å². The Labute approximate surface area is 246 Å². The normalized spacial score (nSPS) is 16.2. The molecule has 1 aromatic heterocycles. The molecule has 13 heteroatoms. The van der Waals surface area contributed by atoms with E-state index in [0.717, 1.165) is 18.4 Å². The van der Waals surface area contributed by atoms with Crippen LogP contribution in [0.4, 0.5) is 9.93 Å². The van der Waals surface area contributed by atoms with Gasteiger partial charge in [0.2, 0.25) is 5.91 Å². The van der Waals surface area contributed by atoms with Crippen LogP contribution >= 0.6 is 11.3 Å². The van der Waals surface area contributed by atoms with Gasteiger partial charge in [0.05, 0.1) is 25.5 Å². The number of ether oxygens (including phenoxy) is 1. The lowest BCUT2D eigenvalue weighted by Gasteiger charge is -2.29. The second kappa shape index (κ2) is 13.6. The third kappa shape index (κ3) is 7.49. The van der Waals surface area contributed by atoms with Crippen LogP contribution in [0, 0.1) is 0 Å². The van der Waals surface area contributed by atoms with Gasteiger partial charge in [-0.15, -0.1) is 11.3 Å². The molecule has 0 spiro atoms. The first-order chi connectivity index (χ1) is 20.4. The minimum atomic E-state index is -1.29. The van der Waals surface area contributed by atoms with E-state index >= 15 is 0 Å². The van der Waals surface area contributed by atoms with E-state index in [9.17, 15) is 24.3 Å². The van der Waals surface area contributed by atoms with Crippen molar-refractivity contribution in [2.75, 3.05) is 38.2 Å². The molecule has 2 aromatic carbocycles. The van der Waals surface area contributed by atoms with Gasteiger partial charge in [0.1, 0.15) is 12.1 Å². The summed E-state index contributed by atoms with van der Waals surface area (Å²) in [5, 5.41) is 22.8. The highest BCUT2D eigenvalue weighted by Gasteiger charge is 2.30. The van der Waals surface area contributed by atoms with Gasteiger partial charge < -0.3 is 36.0 Å². The van der Waals surface area contributed by atoms with Gasteiger partial charge in [-0.1, -0.05) is 42.5 Å². The second-order valence-corrected chi connectivity index (χ2v) is 10.8. The largest absolute Gasteiger partial charge is 0.394 e. The number of nitrogens with one attached hydrogen (secondary N) is 4. The molecule has 3 aromatic rings. The van der Waals surface area contributed by atoms with Gasteiger partial charge in [0, 0.05) is 35.6 Å². The molecule has 1 saturated carbocycles. The number of aliphatic hydroxyl groups excluding tert-OH is 1. The van der Waals surface area contributed by atoms with E-state index < -0.39 is 36.5 Å². The number of nitrogens with zero attached hydrogens (tertiary/aromatic N) is 2. The van der Waals surface area contributed by atoms with Crippen LogP contribution in [0.25, 0.3) is 11.3 Å². The smallest absolute Gasteiger partial charge is 0.318 e. The number of anilines is 1. The molecular formula is C29H32N6O6S. The van der Waals surface area contributed by atoms with E-state index in [-0.39, 0.29) is 17.1 Å². The monoisotopic (exact) mass is 592 g/mol. The SMILES string of the molecule is O=C(NC1CC1)c1ccc(-c2csc(NC(=O)[C@H](CO)NC(=O)[C@H](NC(=O)N3CCOCC3)c3ccccc3)n2)cc1. The summed E-state index contributed by atoms with van der Waals surface area (Å²) in [6.45, 7) is 0.936. The fourth-order valence-electron chi connectivity index (χ4n) is 4.32. The zero-order valence-electron chi connectivity index (χ0n) is 22.7. The highest BCUT2D eigenvalue weighted by molar-refractivity contribution is 7.14. The highest BCUT2D eigenvalue weighted by atomic mass is 32.1. The van der Waals surface area contributed by atoms with E-state index in [1.54, 1.807) is 64.9 Å². The molecule has 12 nitrogen and oxygen atoms in total. The fourth-order valence-corrected chi connectivity index (χ4v) is 5.04. The molecule has 5 rings (SSSR count). The Hall–Kier alpha value is -4.33. The summed E-state index contributed by atoms with van der Waals surface area (Å²) < 4.78 is 5.29. The summed E-state index contributed by atoms with van der Waals surface area (Å²) in [4.78, 5) is 57.4. The molecule has 2 heterocycles. The zero-order chi connectivity index (χ0) is 29.5. The Bertz CT molecular complexity index is 1410. The molecular weight excluding hydrogens is 560 g/mol. The number of thiazole rings is 1. The maximum atomic E-state index is 13.3. The number of urea groups is 1. The average Bonchev–Trinajstić information content (AvgIpc) is 3.72. The number of hydrogen-bond acceptors (Lipinski definition) is 8. The summed E-state index contributed by atoms with van der Waals surface area (Å²) in [6, 6.07) is 13.1. The van der Waals surface area contributed by atoms with Crippen molar-refractivity contribution in [1.29, 1.82) is 0 Å². The lowest BCUT2D eigenvalue weighted by Crippen LogP contribution is -2.53. The van der Waals surface area contributed by atoms with Crippen LogP contribution < -0.4 is 21.3 Å². The van der Waals surface area contributed by atoms with Crippen molar-refractivity contribution in [3.8, 4) is 11.3 Å². The predicted molar refractivity (Wildman–Crippen MR) is 156 cm³/mol. The topological polar surface area (TPSA) is 162 Å². The average molecular weight is 593 g/mol. The number of rotatable bonds is 10. The summed E-state index contributed by atoms with van der Waals surface area (Å²) in [6.07, 6.45) is 2.02. The van der Waals surface area contributed by atoms with Gasteiger partial charge in [-0.25, -0.2) is 9.78 Å². The first kappa shape index (κ1) is 29.2. The van der Waals surface area contributed by atoms with Crippen LogP contribution in [-0.4, -0.2) is 83.7 Å². The molecule has 2 fully saturated rings. The number of benzene rings is 2. The summed E-state index contributed by atoms with van der Waals surface area (Å²) >= 11 is 1.18. The quantitative estimate of drug-likeness (QED) is 0.240. The van der Waals surface area contributed by atoms with Gasteiger partial charge in [-0.05, 0) is 30.5 Å². The first-order valence-electron chi connectivity index (χ1n) is 13.7. The van der Waals surface area contributed by atoms with Gasteiger partial charge >= 0.3 is 6.03 Å². The van der Waals surface area contributed by atoms with Crippen LogP contribution in [0.5, 0.6) is 0 Å². The molecule has 1 saturated heterocycles. The van der Waals surface area contributed by atoms with Gasteiger partial charge in [-0.3, -0.25) is 14.4 Å². The van der Waals surface area contributed by atoms with E-state index in [2.05, 4.69) is 26.3 Å². The molecule has 1 aliphatic carbocycles. The molecule has 0 unspecified atom stereocenters. The molecule has 2 aliphatic rings. The van der Waals surface area contributed by atoms with Crippen LogP contribution in [0.2, 0.25) is 0 Å². The van der Waals surface area contributed by atoms with E-state index in [1.165, 1.54) is 11.3 Å². The van der Waals surface area contributed by atoms with Crippen molar-refractivity contribution in [2.45, 2.75) is 31.0 Å².